The summed E-state index contributed by atoms with van der Waals surface area (Å²) < 4.78 is 48.1. The summed E-state index contributed by atoms with van der Waals surface area (Å²) in [5, 5.41) is 9.28. The first kappa shape index (κ1) is 22.5. The zero-order valence-corrected chi connectivity index (χ0v) is 17.5. The molecule has 0 aliphatic heterocycles. The molecule has 1 N–H and O–H groups in total. The van der Waals surface area contributed by atoms with E-state index in [0.29, 0.717) is 30.9 Å². The van der Waals surface area contributed by atoms with E-state index in [1.807, 2.05) is 0 Å². The summed E-state index contributed by atoms with van der Waals surface area (Å²) in [5.41, 5.74) is -0.0667. The van der Waals surface area contributed by atoms with E-state index in [9.17, 15) is 18.3 Å². The second kappa shape index (κ2) is 10.7. The van der Waals surface area contributed by atoms with Crippen molar-refractivity contribution in [2.45, 2.75) is 83.5 Å². The number of hydrogen-bond acceptors (Lipinski definition) is 2. The van der Waals surface area contributed by atoms with Crippen molar-refractivity contribution in [2.24, 2.45) is 17.8 Å². The first-order valence-electron chi connectivity index (χ1n) is 11.4. The van der Waals surface area contributed by atoms with E-state index in [2.05, 4.69) is 6.92 Å². The van der Waals surface area contributed by atoms with Gasteiger partial charge in [-0.15, -0.1) is 0 Å². The average Bonchev–Trinajstić information content (AvgIpc) is 2.73. The zero-order chi connectivity index (χ0) is 20.8. The maximum absolute atomic E-state index is 15.0. The Hall–Kier alpha value is -1.23. The molecule has 29 heavy (non-hydrogen) atoms. The molecule has 0 amide bonds. The number of aliphatic hydroxyl groups excluding tert-OH is 1. The van der Waals surface area contributed by atoms with Crippen molar-refractivity contribution in [1.29, 1.82) is 0 Å². The Balaban J connectivity index is 1.64. The second-order valence-electron chi connectivity index (χ2n) is 9.07. The topological polar surface area (TPSA) is 29.5 Å². The van der Waals surface area contributed by atoms with Crippen LogP contribution >= 0.6 is 0 Å². The molecule has 2 fully saturated rings. The predicted octanol–water partition coefficient (Wildman–Crippen LogP) is 7.01. The van der Waals surface area contributed by atoms with Crippen LogP contribution < -0.4 is 4.74 Å². The molecule has 0 bridgehead atoms. The first-order chi connectivity index (χ1) is 14.0. The lowest BCUT2D eigenvalue weighted by molar-refractivity contribution is 0.138. The van der Waals surface area contributed by atoms with Crippen LogP contribution in [0.3, 0.4) is 0 Å². The summed E-state index contributed by atoms with van der Waals surface area (Å²) in [6, 6.07) is 3.18. The van der Waals surface area contributed by atoms with Gasteiger partial charge in [-0.3, -0.25) is 0 Å². The fourth-order valence-electron chi connectivity index (χ4n) is 5.24. The summed E-state index contributed by atoms with van der Waals surface area (Å²) in [4.78, 5) is 0. The van der Waals surface area contributed by atoms with Crippen molar-refractivity contribution in [2.75, 3.05) is 13.2 Å². The van der Waals surface area contributed by atoms with E-state index >= 15 is 0 Å². The van der Waals surface area contributed by atoms with Crippen molar-refractivity contribution in [1.82, 2.24) is 0 Å². The molecule has 2 aliphatic carbocycles. The van der Waals surface area contributed by atoms with Gasteiger partial charge in [0.1, 0.15) is 0 Å². The van der Waals surface area contributed by atoms with Crippen LogP contribution in [0, 0.1) is 23.6 Å². The highest BCUT2D eigenvalue weighted by Gasteiger charge is 2.30. The number of ether oxygens (including phenoxy) is 1. The van der Waals surface area contributed by atoms with E-state index in [0.717, 1.165) is 31.6 Å². The van der Waals surface area contributed by atoms with Gasteiger partial charge >= 0.3 is 0 Å². The fourth-order valence-corrected chi connectivity index (χ4v) is 5.24. The maximum atomic E-state index is 15.0. The smallest absolute Gasteiger partial charge is 0.267 e. The minimum Gasteiger partial charge on any atom is -0.490 e. The van der Waals surface area contributed by atoms with Crippen LogP contribution in [-0.4, -0.2) is 18.3 Å². The van der Waals surface area contributed by atoms with Gasteiger partial charge in [0.2, 0.25) is 0 Å². The van der Waals surface area contributed by atoms with Gasteiger partial charge in [-0.05, 0) is 73.8 Å². The summed E-state index contributed by atoms with van der Waals surface area (Å²) in [7, 11) is 0. The molecule has 0 radical (unpaired) electrons. The summed E-state index contributed by atoms with van der Waals surface area (Å²) in [6.45, 7) is 2.75. The molecular weight excluding hydrogens is 377 g/mol. The van der Waals surface area contributed by atoms with E-state index < -0.39 is 17.8 Å². The van der Waals surface area contributed by atoms with Gasteiger partial charge < -0.3 is 9.84 Å². The monoisotopic (exact) mass is 412 g/mol. The normalized spacial score (nSPS) is 27.9. The largest absolute Gasteiger partial charge is 0.490 e. The van der Waals surface area contributed by atoms with Crippen molar-refractivity contribution < 1.29 is 23.0 Å². The van der Waals surface area contributed by atoms with Gasteiger partial charge in [-0.1, -0.05) is 38.7 Å². The molecule has 0 heterocycles. The third-order valence-electron chi connectivity index (χ3n) is 7.08. The lowest BCUT2D eigenvalue weighted by atomic mass is 9.77. The van der Waals surface area contributed by atoms with Crippen LogP contribution in [0.2, 0.25) is 0 Å². The Bertz CT molecular complexity index is 633. The third kappa shape index (κ3) is 5.68. The minimum atomic E-state index is -2.85. The molecular formula is C24H35F3O2. The summed E-state index contributed by atoms with van der Waals surface area (Å²) in [5.74, 6) is 0.412. The molecule has 5 heteroatoms. The van der Waals surface area contributed by atoms with Crippen molar-refractivity contribution in [3.63, 3.8) is 0 Å². The molecule has 164 valence electrons. The third-order valence-corrected chi connectivity index (χ3v) is 7.08. The van der Waals surface area contributed by atoms with Crippen LogP contribution in [-0.2, 0) is 0 Å². The highest BCUT2D eigenvalue weighted by atomic mass is 19.3. The van der Waals surface area contributed by atoms with Crippen molar-refractivity contribution in [3.05, 3.63) is 29.1 Å². The molecule has 1 aromatic rings. The van der Waals surface area contributed by atoms with Gasteiger partial charge in [0.05, 0.1) is 12.2 Å². The molecule has 2 nitrogen and oxygen atoms in total. The predicted molar refractivity (Wildman–Crippen MR) is 109 cm³/mol. The lowest BCUT2D eigenvalue weighted by Gasteiger charge is -2.30. The van der Waals surface area contributed by atoms with E-state index in [4.69, 9.17) is 4.74 Å². The Morgan fingerprint density at radius 3 is 2.17 bits per heavy atom. The highest BCUT2D eigenvalue weighted by Crippen LogP contribution is 2.42. The summed E-state index contributed by atoms with van der Waals surface area (Å²) in [6.07, 6.45) is 7.15. The van der Waals surface area contributed by atoms with E-state index in [1.54, 1.807) is 6.07 Å². The molecule has 2 saturated carbocycles. The van der Waals surface area contributed by atoms with E-state index in [-0.39, 0.29) is 24.2 Å². The molecule has 0 atom stereocenters. The van der Waals surface area contributed by atoms with Crippen LogP contribution in [0.15, 0.2) is 12.1 Å². The number of benzene rings is 1. The minimum absolute atomic E-state index is 0.0382. The van der Waals surface area contributed by atoms with Crippen molar-refractivity contribution in [3.8, 4) is 5.75 Å². The van der Waals surface area contributed by atoms with Crippen LogP contribution in [0.25, 0.3) is 0 Å². The number of rotatable bonds is 8. The Morgan fingerprint density at radius 1 is 0.966 bits per heavy atom. The molecule has 0 unspecified atom stereocenters. The molecule has 0 spiro atoms. The van der Waals surface area contributed by atoms with Crippen LogP contribution in [0.1, 0.15) is 94.6 Å². The van der Waals surface area contributed by atoms with Gasteiger partial charge in [-0.25, -0.2) is 13.2 Å². The van der Waals surface area contributed by atoms with Crippen LogP contribution in [0.4, 0.5) is 13.2 Å². The Morgan fingerprint density at radius 2 is 1.59 bits per heavy atom. The first-order valence-corrected chi connectivity index (χ1v) is 11.4. The SMILES string of the molecule is CCCC1CCC(COc2ccc(C3CCC(CO)CC3)c(C(F)F)c2F)CC1. The van der Waals surface area contributed by atoms with Gasteiger partial charge in [0, 0.05) is 6.61 Å². The quantitative estimate of drug-likeness (QED) is 0.497. The number of aliphatic hydroxyl groups is 1. The highest BCUT2D eigenvalue weighted by molar-refractivity contribution is 5.40. The molecule has 3 rings (SSSR count). The molecule has 0 aromatic heterocycles. The Kier molecular flexibility index (Phi) is 8.28. The number of hydrogen-bond donors (Lipinski definition) is 1. The molecule has 2 aliphatic rings. The summed E-state index contributed by atoms with van der Waals surface area (Å²) >= 11 is 0. The maximum Gasteiger partial charge on any atom is 0.267 e. The number of alkyl halides is 2. The second-order valence-corrected chi connectivity index (χ2v) is 9.07. The van der Waals surface area contributed by atoms with Crippen LogP contribution in [0.5, 0.6) is 5.75 Å². The fraction of sp³-hybridized carbons (Fsp3) is 0.750. The lowest BCUT2D eigenvalue weighted by Crippen LogP contribution is -2.21. The van der Waals surface area contributed by atoms with Crippen molar-refractivity contribution >= 4 is 0 Å². The van der Waals surface area contributed by atoms with Gasteiger partial charge in [-0.2, -0.15) is 0 Å². The van der Waals surface area contributed by atoms with E-state index in [1.165, 1.54) is 31.7 Å². The average molecular weight is 413 g/mol. The zero-order valence-electron chi connectivity index (χ0n) is 17.5. The Labute approximate surface area is 172 Å². The molecule has 0 saturated heterocycles. The van der Waals surface area contributed by atoms with Gasteiger partial charge in [0.25, 0.3) is 6.43 Å². The van der Waals surface area contributed by atoms with Gasteiger partial charge in [0.15, 0.2) is 11.6 Å². The molecule has 1 aromatic carbocycles. The standard InChI is InChI=1S/C24H35F3O2/c1-2-3-16-4-6-18(7-5-16)15-29-21-13-12-20(22(23(21)25)24(26)27)19-10-8-17(14-28)9-11-19/h12-13,16-19,24,28H,2-11,14-15H2,1H3. The number of halogens is 3.